The molecule has 7 heterocycles. The van der Waals surface area contributed by atoms with Gasteiger partial charge >= 0.3 is 0 Å². The first-order valence-corrected chi connectivity index (χ1v) is 20.2. The molecule has 3 aromatic heterocycles. The highest BCUT2D eigenvalue weighted by molar-refractivity contribution is 6.06. The molecule has 0 spiro atoms. The fourth-order valence-corrected chi connectivity index (χ4v) is 8.70. The largest absolute Gasteiger partial charge is 0.381 e. The first kappa shape index (κ1) is 38.0. The third-order valence-corrected chi connectivity index (χ3v) is 11.9. The van der Waals surface area contributed by atoms with Gasteiger partial charge in [0.1, 0.15) is 17.6 Å². The quantitative estimate of drug-likeness (QED) is 0.154. The number of hydrogen-bond acceptors (Lipinski definition) is 9. The molecule has 2 fully saturated rings. The lowest BCUT2D eigenvalue weighted by atomic mass is 9.99. The third-order valence-electron chi connectivity index (χ3n) is 11.9. The van der Waals surface area contributed by atoms with Crippen LogP contribution in [0.1, 0.15) is 88.4 Å². The first-order chi connectivity index (χ1) is 28.7. The number of carbonyl (C=O) groups excluding carboxylic acids is 5. The Bertz CT molecular complexity index is 2540. The van der Waals surface area contributed by atoms with Crippen molar-refractivity contribution in [3.8, 4) is 22.5 Å². The fourth-order valence-electron chi connectivity index (χ4n) is 8.70. The monoisotopic (exact) mass is 792 g/mol. The summed E-state index contributed by atoms with van der Waals surface area (Å²) in [5, 5.41) is 7.22. The molecule has 14 heteroatoms. The second kappa shape index (κ2) is 16.0. The second-order valence-corrected chi connectivity index (χ2v) is 15.5. The molecule has 0 bridgehead atoms. The van der Waals surface area contributed by atoms with E-state index in [0.717, 1.165) is 88.5 Å². The second-order valence-electron chi connectivity index (χ2n) is 15.5. The van der Waals surface area contributed by atoms with Crippen LogP contribution in [-0.4, -0.2) is 91.2 Å². The molecular formula is C45H44N8O6. The zero-order chi connectivity index (χ0) is 40.6. The summed E-state index contributed by atoms with van der Waals surface area (Å²) in [6.07, 6.45) is 10.3. The Morgan fingerprint density at radius 2 is 1.78 bits per heavy atom. The smallest absolute Gasteiger partial charge is 0.269 e. The van der Waals surface area contributed by atoms with Gasteiger partial charge in [-0.25, -0.2) is 4.98 Å². The molecule has 4 aliphatic rings. The van der Waals surface area contributed by atoms with Gasteiger partial charge in [0.15, 0.2) is 0 Å². The number of hydrogen-bond donors (Lipinski definition) is 2. The molecule has 0 aliphatic carbocycles. The van der Waals surface area contributed by atoms with Crippen LogP contribution in [0.5, 0.6) is 0 Å². The number of benzene rings is 2. The molecule has 5 aromatic rings. The lowest BCUT2D eigenvalue weighted by molar-refractivity contribution is -0.137. The zero-order valence-electron chi connectivity index (χ0n) is 32.8. The van der Waals surface area contributed by atoms with E-state index in [-0.39, 0.29) is 30.0 Å². The van der Waals surface area contributed by atoms with Crippen molar-refractivity contribution in [2.45, 2.75) is 70.6 Å². The van der Waals surface area contributed by atoms with Crippen molar-refractivity contribution < 1.29 is 28.7 Å². The Morgan fingerprint density at radius 3 is 2.58 bits per heavy atom. The van der Waals surface area contributed by atoms with Crippen LogP contribution in [0.25, 0.3) is 39.4 Å². The van der Waals surface area contributed by atoms with Crippen molar-refractivity contribution in [1.82, 2.24) is 40.0 Å². The number of aromatic nitrogens is 4. The number of imide groups is 1. The van der Waals surface area contributed by atoms with Crippen molar-refractivity contribution in [3.63, 3.8) is 0 Å². The maximum Gasteiger partial charge on any atom is 0.269 e. The van der Waals surface area contributed by atoms with E-state index in [1.165, 1.54) is 4.90 Å². The van der Waals surface area contributed by atoms with Gasteiger partial charge in [-0.1, -0.05) is 42.5 Å². The molecule has 2 saturated heterocycles. The number of carbonyl (C=O) groups is 5. The molecule has 9 rings (SSSR count). The number of rotatable bonds is 9. The van der Waals surface area contributed by atoms with Crippen LogP contribution in [0.4, 0.5) is 0 Å². The van der Waals surface area contributed by atoms with Crippen molar-refractivity contribution in [1.29, 1.82) is 0 Å². The third kappa shape index (κ3) is 7.40. The van der Waals surface area contributed by atoms with E-state index in [0.29, 0.717) is 56.2 Å². The van der Waals surface area contributed by atoms with Gasteiger partial charge in [0.25, 0.3) is 11.8 Å². The van der Waals surface area contributed by atoms with E-state index < -0.39 is 11.9 Å². The van der Waals surface area contributed by atoms with E-state index >= 15 is 0 Å². The van der Waals surface area contributed by atoms with Crippen LogP contribution < -0.4 is 10.6 Å². The van der Waals surface area contributed by atoms with Crippen LogP contribution >= 0.6 is 0 Å². The van der Waals surface area contributed by atoms with E-state index in [4.69, 9.17) is 14.7 Å². The molecule has 0 radical (unpaired) electrons. The maximum atomic E-state index is 13.1. The molecule has 1 unspecified atom stereocenters. The van der Waals surface area contributed by atoms with Crippen LogP contribution in [0, 0.1) is 0 Å². The number of piperidine rings is 1. The SMILES string of the molecule is CC(=O)N1CCn2c(C3CCOCC3)nc(-c3cccc4cc(-c5ccc(C(=O)NCC/C=C/c6cccc7c6CN(C6CCC(=O)NC6=O)C7=O)nc5)ncc34)c2C1. The van der Waals surface area contributed by atoms with E-state index in [1.54, 1.807) is 25.3 Å². The summed E-state index contributed by atoms with van der Waals surface area (Å²) >= 11 is 0. The molecule has 14 nitrogen and oxygen atoms in total. The van der Waals surface area contributed by atoms with Crippen molar-refractivity contribution in [2.24, 2.45) is 0 Å². The lowest BCUT2D eigenvalue weighted by Gasteiger charge is -2.30. The van der Waals surface area contributed by atoms with E-state index in [1.807, 2.05) is 53.6 Å². The normalized spacial score (nSPS) is 18.3. The fraction of sp³-hybridized carbons (Fsp3) is 0.333. The molecule has 59 heavy (non-hydrogen) atoms. The summed E-state index contributed by atoms with van der Waals surface area (Å²) in [6, 6.07) is 16.5. The summed E-state index contributed by atoms with van der Waals surface area (Å²) in [5.74, 6) is 0.181. The number of ether oxygens (including phenoxy) is 1. The summed E-state index contributed by atoms with van der Waals surface area (Å²) in [4.78, 5) is 80.6. The number of nitrogens with zero attached hydrogens (tertiary/aromatic N) is 6. The number of fused-ring (bicyclic) bond motifs is 3. The highest BCUT2D eigenvalue weighted by Gasteiger charge is 2.39. The Hall–Kier alpha value is -6.54. The van der Waals surface area contributed by atoms with Gasteiger partial charge in [-0.15, -0.1) is 0 Å². The summed E-state index contributed by atoms with van der Waals surface area (Å²) < 4.78 is 7.98. The molecule has 300 valence electrons. The Morgan fingerprint density at radius 1 is 0.949 bits per heavy atom. The topological polar surface area (TPSA) is 169 Å². The van der Waals surface area contributed by atoms with Gasteiger partial charge in [0, 0.05) is 93.1 Å². The van der Waals surface area contributed by atoms with Crippen LogP contribution in [0.3, 0.4) is 0 Å². The Balaban J connectivity index is 0.852. The van der Waals surface area contributed by atoms with E-state index in [9.17, 15) is 24.0 Å². The number of amides is 5. The molecule has 4 aliphatic heterocycles. The number of pyridine rings is 2. The van der Waals surface area contributed by atoms with Gasteiger partial charge in [-0.2, -0.15) is 0 Å². The molecule has 0 saturated carbocycles. The highest BCUT2D eigenvalue weighted by atomic mass is 16.5. The standard InChI is InChI=1S/C45H44N8O6/c1-27(54)51-18-19-52-39(26-51)41(50-42(52)29-15-20-59-21-16-29)32-9-5-8-30-22-37(48-24-34(30)32)31-11-12-36(47-23-31)43(56)46-17-3-2-6-28-7-4-10-33-35(28)25-53(45(33)58)38-13-14-40(55)49-44(38)57/h2,4-12,22-24,29,38H,3,13-21,25-26H2,1H3,(H,46,56)(H,49,55,57)/b6-2+. The van der Waals surface area contributed by atoms with E-state index in [2.05, 4.69) is 32.3 Å². The Kier molecular flexibility index (Phi) is 10.3. The first-order valence-electron chi connectivity index (χ1n) is 20.2. The van der Waals surface area contributed by atoms with Crippen LogP contribution in [0.15, 0.2) is 73.1 Å². The minimum Gasteiger partial charge on any atom is -0.381 e. The average molecular weight is 793 g/mol. The van der Waals surface area contributed by atoms with Crippen LogP contribution in [0.2, 0.25) is 0 Å². The van der Waals surface area contributed by atoms with Crippen molar-refractivity contribution in [2.75, 3.05) is 26.3 Å². The van der Waals surface area contributed by atoms with Gasteiger partial charge in [-0.3, -0.25) is 39.3 Å². The minimum atomic E-state index is -0.669. The van der Waals surface area contributed by atoms with Crippen LogP contribution in [-0.2, 0) is 38.8 Å². The summed E-state index contributed by atoms with van der Waals surface area (Å²) in [5.41, 5.74) is 6.98. The predicted octanol–water partition coefficient (Wildman–Crippen LogP) is 5.01. The van der Waals surface area contributed by atoms with Gasteiger partial charge in [-0.05, 0) is 66.5 Å². The number of nitrogens with one attached hydrogen (secondary N) is 2. The lowest BCUT2D eigenvalue weighted by Crippen LogP contribution is -2.52. The van der Waals surface area contributed by atoms with Crippen molar-refractivity contribution in [3.05, 3.63) is 107 Å². The number of imidazole rings is 1. The highest BCUT2D eigenvalue weighted by Crippen LogP contribution is 2.38. The Labute approximate surface area is 340 Å². The molecular weight excluding hydrogens is 749 g/mol. The van der Waals surface area contributed by atoms with Gasteiger partial charge in [0.05, 0.1) is 23.6 Å². The summed E-state index contributed by atoms with van der Waals surface area (Å²) in [6.45, 7) is 5.64. The zero-order valence-corrected chi connectivity index (χ0v) is 32.8. The van der Waals surface area contributed by atoms with Gasteiger partial charge in [0.2, 0.25) is 17.7 Å². The molecule has 2 aromatic carbocycles. The molecule has 2 N–H and O–H groups in total. The molecule has 5 amide bonds. The maximum absolute atomic E-state index is 13.1. The average Bonchev–Trinajstić information content (AvgIpc) is 3.81. The molecule has 1 atom stereocenters. The minimum absolute atomic E-state index is 0.0559. The van der Waals surface area contributed by atoms with Gasteiger partial charge < -0.3 is 24.4 Å². The summed E-state index contributed by atoms with van der Waals surface area (Å²) in [7, 11) is 0. The van der Waals surface area contributed by atoms with Crippen molar-refractivity contribution >= 4 is 46.4 Å². The predicted molar refractivity (Wildman–Crippen MR) is 219 cm³/mol.